The number of thiophene rings is 1. The van der Waals surface area contributed by atoms with Crippen molar-refractivity contribution < 1.29 is 0 Å². The van der Waals surface area contributed by atoms with Crippen LogP contribution in [0.25, 0.3) is 11.2 Å². The van der Waals surface area contributed by atoms with Gasteiger partial charge in [-0.3, -0.25) is 0 Å². The molecular formula is C16H14N6S. The predicted molar refractivity (Wildman–Crippen MR) is 91.0 cm³/mol. The highest BCUT2D eigenvalue weighted by molar-refractivity contribution is 7.09. The van der Waals surface area contributed by atoms with Crippen LogP contribution in [0.3, 0.4) is 0 Å². The van der Waals surface area contributed by atoms with Crippen molar-refractivity contribution in [3.63, 3.8) is 0 Å². The van der Waals surface area contributed by atoms with Crippen LogP contribution in [0.15, 0.2) is 48.1 Å². The van der Waals surface area contributed by atoms with Gasteiger partial charge in [-0.1, -0.05) is 23.4 Å². The van der Waals surface area contributed by atoms with Crippen LogP contribution in [0.1, 0.15) is 10.4 Å². The number of aryl methyl sites for hydroxylation is 1. The van der Waals surface area contributed by atoms with E-state index in [1.165, 1.54) is 16.8 Å². The lowest BCUT2D eigenvalue weighted by molar-refractivity contribution is 0.670. The van der Waals surface area contributed by atoms with E-state index in [0.29, 0.717) is 17.9 Å². The number of anilines is 2. The second-order valence-electron chi connectivity index (χ2n) is 5.22. The second kappa shape index (κ2) is 5.77. The zero-order valence-electron chi connectivity index (χ0n) is 12.5. The van der Waals surface area contributed by atoms with Crippen LogP contribution in [-0.2, 0) is 6.54 Å². The molecule has 0 aliphatic carbocycles. The van der Waals surface area contributed by atoms with Gasteiger partial charge >= 0.3 is 0 Å². The quantitative estimate of drug-likeness (QED) is 0.624. The van der Waals surface area contributed by atoms with Crippen LogP contribution in [-0.4, -0.2) is 25.0 Å². The van der Waals surface area contributed by atoms with E-state index < -0.39 is 0 Å². The summed E-state index contributed by atoms with van der Waals surface area (Å²) in [5.41, 5.74) is 3.55. The minimum atomic E-state index is 0.662. The van der Waals surface area contributed by atoms with Gasteiger partial charge in [0.1, 0.15) is 6.33 Å². The molecule has 7 heteroatoms. The Kier molecular flexibility index (Phi) is 3.47. The average molecular weight is 322 g/mol. The van der Waals surface area contributed by atoms with Gasteiger partial charge in [-0.2, -0.15) is 0 Å². The van der Waals surface area contributed by atoms with E-state index in [4.69, 9.17) is 0 Å². The van der Waals surface area contributed by atoms with Crippen LogP contribution in [0, 0.1) is 6.92 Å². The number of aromatic nitrogens is 5. The number of nitrogens with zero attached hydrogens (tertiary/aromatic N) is 5. The van der Waals surface area contributed by atoms with Crippen molar-refractivity contribution in [2.24, 2.45) is 0 Å². The molecule has 0 unspecified atom stereocenters. The molecule has 3 aromatic heterocycles. The van der Waals surface area contributed by atoms with Crippen molar-refractivity contribution >= 4 is 34.0 Å². The van der Waals surface area contributed by atoms with Gasteiger partial charge in [0, 0.05) is 10.6 Å². The summed E-state index contributed by atoms with van der Waals surface area (Å²) in [5, 5.41) is 13.8. The number of hydrogen-bond donors (Lipinski definition) is 1. The fourth-order valence-corrected chi connectivity index (χ4v) is 3.09. The number of benzene rings is 1. The fraction of sp³-hybridized carbons (Fsp3) is 0.125. The monoisotopic (exact) mass is 322 g/mol. The Morgan fingerprint density at radius 1 is 1.17 bits per heavy atom. The third-order valence-corrected chi connectivity index (χ3v) is 4.33. The summed E-state index contributed by atoms with van der Waals surface area (Å²) >= 11 is 1.69. The smallest absolute Gasteiger partial charge is 0.184 e. The fourth-order valence-electron chi connectivity index (χ4n) is 2.40. The Morgan fingerprint density at radius 3 is 2.96 bits per heavy atom. The van der Waals surface area contributed by atoms with Crippen LogP contribution < -0.4 is 5.32 Å². The highest BCUT2D eigenvalue weighted by Gasteiger charge is 2.12. The van der Waals surface area contributed by atoms with Crippen molar-refractivity contribution in [3.05, 3.63) is 58.5 Å². The van der Waals surface area contributed by atoms with Crippen LogP contribution in [0.2, 0.25) is 0 Å². The molecule has 0 saturated carbocycles. The molecule has 0 aliphatic heterocycles. The molecule has 4 rings (SSSR count). The number of nitrogens with one attached hydrogen (secondary N) is 1. The van der Waals surface area contributed by atoms with E-state index in [1.807, 2.05) is 23.6 Å². The summed E-state index contributed by atoms with van der Waals surface area (Å²) in [5.74, 6) is 0.665. The van der Waals surface area contributed by atoms with Gasteiger partial charge < -0.3 is 5.32 Å². The van der Waals surface area contributed by atoms with Crippen LogP contribution in [0.5, 0.6) is 0 Å². The lowest BCUT2D eigenvalue weighted by Gasteiger charge is -2.06. The molecule has 0 radical (unpaired) electrons. The average Bonchev–Trinajstić information content (AvgIpc) is 3.19. The number of fused-ring (bicyclic) bond motifs is 1. The van der Waals surface area contributed by atoms with E-state index in [9.17, 15) is 0 Å². The molecule has 0 amide bonds. The topological polar surface area (TPSA) is 68.5 Å². The van der Waals surface area contributed by atoms with E-state index >= 15 is 0 Å². The minimum Gasteiger partial charge on any atom is -0.338 e. The highest BCUT2D eigenvalue weighted by Crippen LogP contribution is 2.22. The SMILES string of the molecule is Cc1cccc(Nc2ncnc3c2nnn3Cc2cccs2)c1. The van der Waals surface area contributed by atoms with Gasteiger partial charge in [0.25, 0.3) is 0 Å². The van der Waals surface area contributed by atoms with Crippen molar-refractivity contribution in [2.75, 3.05) is 5.32 Å². The maximum absolute atomic E-state index is 4.33. The molecule has 114 valence electrons. The molecule has 23 heavy (non-hydrogen) atoms. The largest absolute Gasteiger partial charge is 0.338 e. The van der Waals surface area contributed by atoms with Crippen molar-refractivity contribution in [3.8, 4) is 0 Å². The van der Waals surface area contributed by atoms with E-state index in [0.717, 1.165) is 11.3 Å². The number of hydrogen-bond acceptors (Lipinski definition) is 6. The number of rotatable bonds is 4. The normalized spacial score (nSPS) is 11.0. The van der Waals surface area contributed by atoms with Gasteiger partial charge in [-0.05, 0) is 36.1 Å². The lowest BCUT2D eigenvalue weighted by atomic mass is 10.2. The molecule has 0 saturated heterocycles. The molecule has 3 heterocycles. The molecule has 0 aliphatic rings. The summed E-state index contributed by atoms with van der Waals surface area (Å²) in [7, 11) is 0. The summed E-state index contributed by atoms with van der Waals surface area (Å²) in [4.78, 5) is 9.85. The predicted octanol–water partition coefficient (Wildman–Crippen LogP) is 3.38. The minimum absolute atomic E-state index is 0.662. The summed E-state index contributed by atoms with van der Waals surface area (Å²) in [6.45, 7) is 2.72. The lowest BCUT2D eigenvalue weighted by Crippen LogP contribution is -2.02. The standard InChI is InChI=1S/C16H14N6S/c1-11-4-2-5-12(8-11)19-15-14-16(18-10-17-15)22(21-20-14)9-13-6-3-7-23-13/h2-8,10H,9H2,1H3,(H,17,18,19). The molecule has 0 atom stereocenters. The van der Waals surface area contributed by atoms with E-state index in [1.54, 1.807) is 16.0 Å². The summed E-state index contributed by atoms with van der Waals surface area (Å²) in [6.07, 6.45) is 1.54. The van der Waals surface area contributed by atoms with Crippen LogP contribution >= 0.6 is 11.3 Å². The van der Waals surface area contributed by atoms with Gasteiger partial charge in [0.05, 0.1) is 6.54 Å². The Morgan fingerprint density at radius 2 is 2.13 bits per heavy atom. The Labute approximate surface area is 136 Å². The third-order valence-electron chi connectivity index (χ3n) is 3.47. The first-order valence-electron chi connectivity index (χ1n) is 7.20. The van der Waals surface area contributed by atoms with E-state index in [2.05, 4.69) is 50.7 Å². The first kappa shape index (κ1) is 13.8. The molecule has 1 N–H and O–H groups in total. The maximum Gasteiger partial charge on any atom is 0.184 e. The molecular weight excluding hydrogens is 308 g/mol. The Balaban J connectivity index is 1.70. The Hall–Kier alpha value is -2.80. The maximum atomic E-state index is 4.33. The molecule has 0 fully saturated rings. The summed E-state index contributed by atoms with van der Waals surface area (Å²) < 4.78 is 1.80. The highest BCUT2D eigenvalue weighted by atomic mass is 32.1. The van der Waals surface area contributed by atoms with Crippen LogP contribution in [0.4, 0.5) is 11.5 Å². The Bertz CT molecular complexity index is 944. The molecule has 0 spiro atoms. The van der Waals surface area contributed by atoms with Crippen molar-refractivity contribution in [2.45, 2.75) is 13.5 Å². The first-order valence-corrected chi connectivity index (χ1v) is 8.08. The zero-order valence-corrected chi connectivity index (χ0v) is 13.3. The van der Waals surface area contributed by atoms with Crippen molar-refractivity contribution in [1.29, 1.82) is 0 Å². The molecule has 1 aromatic carbocycles. The zero-order chi connectivity index (χ0) is 15.6. The third kappa shape index (κ3) is 2.78. The first-order chi connectivity index (χ1) is 11.3. The summed E-state index contributed by atoms with van der Waals surface area (Å²) in [6, 6.07) is 12.2. The van der Waals surface area contributed by atoms with Crippen molar-refractivity contribution in [1.82, 2.24) is 25.0 Å². The van der Waals surface area contributed by atoms with Gasteiger partial charge in [-0.25, -0.2) is 14.6 Å². The molecule has 4 aromatic rings. The van der Waals surface area contributed by atoms with E-state index in [-0.39, 0.29) is 0 Å². The van der Waals surface area contributed by atoms with Gasteiger partial charge in [0.15, 0.2) is 17.0 Å². The second-order valence-corrected chi connectivity index (χ2v) is 6.25. The molecule has 0 bridgehead atoms. The van der Waals surface area contributed by atoms with Gasteiger partial charge in [-0.15, -0.1) is 16.4 Å². The molecule has 6 nitrogen and oxygen atoms in total. The van der Waals surface area contributed by atoms with Gasteiger partial charge in [0.2, 0.25) is 0 Å².